The Kier molecular flexibility index (Phi) is 4.98. The summed E-state index contributed by atoms with van der Waals surface area (Å²) in [7, 11) is 3.23. The van der Waals surface area contributed by atoms with Crippen molar-refractivity contribution >= 4 is 23.5 Å². The molecule has 3 heterocycles. The van der Waals surface area contributed by atoms with Crippen LogP contribution < -0.4 is 9.80 Å². The van der Waals surface area contributed by atoms with Gasteiger partial charge in [-0.3, -0.25) is 29.4 Å². The minimum atomic E-state index is -0.283. The van der Waals surface area contributed by atoms with Gasteiger partial charge in [0.05, 0.1) is 0 Å². The standard InChI is InChI=1S/C19H17N5O2/c1-23(18(25)14-8-3-5-12-20-14)16-10-7-11-17(22-16)24(2)19(26)15-9-4-6-13-21-15/h3-13H,1-2H3. The first-order valence-electron chi connectivity index (χ1n) is 7.93. The van der Waals surface area contributed by atoms with Crippen molar-refractivity contribution in [2.24, 2.45) is 0 Å². The van der Waals surface area contributed by atoms with Gasteiger partial charge in [0.15, 0.2) is 0 Å². The van der Waals surface area contributed by atoms with E-state index in [4.69, 9.17) is 0 Å². The first-order valence-corrected chi connectivity index (χ1v) is 7.93. The van der Waals surface area contributed by atoms with E-state index in [0.29, 0.717) is 23.0 Å². The molecule has 0 bridgehead atoms. The average molecular weight is 347 g/mol. The predicted octanol–water partition coefficient (Wildman–Crippen LogP) is 2.42. The molecule has 0 atom stereocenters. The maximum Gasteiger partial charge on any atom is 0.277 e. The Morgan fingerprint density at radius 3 is 1.54 bits per heavy atom. The number of hydrogen-bond acceptors (Lipinski definition) is 5. The molecular formula is C19H17N5O2. The summed E-state index contributed by atoms with van der Waals surface area (Å²) in [5, 5.41) is 0. The molecule has 0 unspecified atom stereocenters. The van der Waals surface area contributed by atoms with Gasteiger partial charge in [-0.15, -0.1) is 0 Å². The zero-order valence-corrected chi connectivity index (χ0v) is 14.4. The van der Waals surface area contributed by atoms with Gasteiger partial charge in [0.25, 0.3) is 11.8 Å². The Bertz CT molecular complexity index is 843. The lowest BCUT2D eigenvalue weighted by molar-refractivity contribution is 0.0982. The van der Waals surface area contributed by atoms with Gasteiger partial charge in [-0.2, -0.15) is 0 Å². The van der Waals surface area contributed by atoms with Crippen molar-refractivity contribution in [3.05, 3.63) is 78.4 Å². The molecule has 2 amide bonds. The third-order valence-electron chi connectivity index (χ3n) is 3.78. The van der Waals surface area contributed by atoms with E-state index in [0.717, 1.165) is 0 Å². The van der Waals surface area contributed by atoms with Gasteiger partial charge < -0.3 is 0 Å². The van der Waals surface area contributed by atoms with Crippen molar-refractivity contribution in [1.29, 1.82) is 0 Å². The number of aromatic nitrogens is 3. The number of carbonyl (C=O) groups excluding carboxylic acids is 2. The van der Waals surface area contributed by atoms with E-state index in [1.165, 1.54) is 9.80 Å². The van der Waals surface area contributed by atoms with Gasteiger partial charge in [0, 0.05) is 26.5 Å². The van der Waals surface area contributed by atoms with Crippen LogP contribution in [0.15, 0.2) is 67.0 Å². The molecule has 0 aromatic carbocycles. The van der Waals surface area contributed by atoms with Crippen molar-refractivity contribution in [1.82, 2.24) is 15.0 Å². The largest absolute Gasteiger partial charge is 0.294 e. The summed E-state index contributed by atoms with van der Waals surface area (Å²) >= 11 is 0. The van der Waals surface area contributed by atoms with Crippen LogP contribution in [0.2, 0.25) is 0 Å². The number of pyridine rings is 3. The van der Waals surface area contributed by atoms with E-state index in [1.54, 1.807) is 81.1 Å². The Hall–Kier alpha value is -3.61. The number of amides is 2. The third-order valence-corrected chi connectivity index (χ3v) is 3.78. The number of hydrogen-bond donors (Lipinski definition) is 0. The average Bonchev–Trinajstić information content (AvgIpc) is 2.73. The number of anilines is 2. The van der Waals surface area contributed by atoms with Crippen LogP contribution in [0.4, 0.5) is 11.6 Å². The Labute approximate surface area is 151 Å². The minimum Gasteiger partial charge on any atom is -0.294 e. The zero-order valence-electron chi connectivity index (χ0n) is 14.4. The highest BCUT2D eigenvalue weighted by molar-refractivity contribution is 6.05. The molecule has 3 aromatic heterocycles. The lowest BCUT2D eigenvalue weighted by Gasteiger charge is -2.20. The van der Waals surface area contributed by atoms with E-state index >= 15 is 0 Å². The van der Waals surface area contributed by atoms with E-state index in [2.05, 4.69) is 15.0 Å². The van der Waals surface area contributed by atoms with Gasteiger partial charge in [-0.25, -0.2) is 4.98 Å². The second-order valence-corrected chi connectivity index (χ2v) is 5.51. The molecule has 0 spiro atoms. The van der Waals surface area contributed by atoms with E-state index in [1.807, 2.05) is 0 Å². The summed E-state index contributed by atoms with van der Waals surface area (Å²) in [5.41, 5.74) is 0.639. The third kappa shape index (κ3) is 3.56. The fourth-order valence-electron chi connectivity index (χ4n) is 2.32. The van der Waals surface area contributed by atoms with E-state index in [-0.39, 0.29) is 11.8 Å². The molecule has 26 heavy (non-hydrogen) atoms. The zero-order chi connectivity index (χ0) is 18.5. The molecule has 7 nitrogen and oxygen atoms in total. The van der Waals surface area contributed by atoms with Gasteiger partial charge in [-0.1, -0.05) is 18.2 Å². The van der Waals surface area contributed by atoms with Crippen LogP contribution >= 0.6 is 0 Å². The van der Waals surface area contributed by atoms with Crippen molar-refractivity contribution in [2.75, 3.05) is 23.9 Å². The topological polar surface area (TPSA) is 79.3 Å². The molecule has 130 valence electrons. The van der Waals surface area contributed by atoms with Crippen molar-refractivity contribution in [3.8, 4) is 0 Å². The quantitative estimate of drug-likeness (QED) is 0.724. The summed E-state index contributed by atoms with van der Waals surface area (Å²) in [5.74, 6) is 0.264. The monoisotopic (exact) mass is 347 g/mol. The number of rotatable bonds is 4. The molecule has 7 heteroatoms. The Morgan fingerprint density at radius 2 is 1.15 bits per heavy atom. The molecule has 0 aliphatic heterocycles. The highest BCUT2D eigenvalue weighted by atomic mass is 16.2. The minimum absolute atomic E-state index is 0.283. The van der Waals surface area contributed by atoms with Crippen molar-refractivity contribution in [3.63, 3.8) is 0 Å². The van der Waals surface area contributed by atoms with Crippen LogP contribution in [0, 0.1) is 0 Å². The SMILES string of the molecule is CN(C(=O)c1ccccn1)c1cccc(N(C)C(=O)c2ccccn2)n1. The highest BCUT2D eigenvalue weighted by Gasteiger charge is 2.19. The summed E-state index contributed by atoms with van der Waals surface area (Å²) in [4.78, 5) is 40.4. The summed E-state index contributed by atoms with van der Waals surface area (Å²) in [6, 6.07) is 15.4. The summed E-state index contributed by atoms with van der Waals surface area (Å²) < 4.78 is 0. The molecule has 3 rings (SSSR count). The first-order chi connectivity index (χ1) is 12.6. The fraction of sp³-hybridized carbons (Fsp3) is 0.105. The molecule has 0 radical (unpaired) electrons. The van der Waals surface area contributed by atoms with Gasteiger partial charge in [-0.05, 0) is 36.4 Å². The number of carbonyl (C=O) groups is 2. The van der Waals surface area contributed by atoms with Crippen LogP contribution in [0.1, 0.15) is 21.0 Å². The molecule has 0 aliphatic carbocycles. The van der Waals surface area contributed by atoms with Crippen molar-refractivity contribution < 1.29 is 9.59 Å². The molecule has 0 N–H and O–H groups in total. The highest BCUT2D eigenvalue weighted by Crippen LogP contribution is 2.18. The van der Waals surface area contributed by atoms with Gasteiger partial charge in [0.1, 0.15) is 23.0 Å². The first kappa shape index (κ1) is 17.2. The molecule has 0 saturated carbocycles. The fourth-order valence-corrected chi connectivity index (χ4v) is 2.32. The second-order valence-electron chi connectivity index (χ2n) is 5.51. The van der Waals surface area contributed by atoms with Crippen LogP contribution in [0.3, 0.4) is 0 Å². The molecular weight excluding hydrogens is 330 g/mol. The lowest BCUT2D eigenvalue weighted by Crippen LogP contribution is -2.30. The molecule has 0 saturated heterocycles. The maximum atomic E-state index is 12.5. The van der Waals surface area contributed by atoms with E-state index in [9.17, 15) is 9.59 Å². The smallest absolute Gasteiger partial charge is 0.277 e. The Morgan fingerprint density at radius 1 is 0.692 bits per heavy atom. The van der Waals surface area contributed by atoms with E-state index < -0.39 is 0 Å². The van der Waals surface area contributed by atoms with Gasteiger partial charge >= 0.3 is 0 Å². The molecule has 0 aliphatic rings. The normalized spacial score (nSPS) is 10.2. The summed E-state index contributed by atoms with van der Waals surface area (Å²) in [6.07, 6.45) is 3.12. The van der Waals surface area contributed by atoms with Crippen molar-refractivity contribution in [2.45, 2.75) is 0 Å². The predicted molar refractivity (Wildman–Crippen MR) is 98.2 cm³/mol. The lowest BCUT2D eigenvalue weighted by atomic mass is 10.3. The summed E-state index contributed by atoms with van der Waals surface area (Å²) in [6.45, 7) is 0. The molecule has 0 fully saturated rings. The Balaban J connectivity index is 1.84. The van der Waals surface area contributed by atoms with Crippen LogP contribution in [-0.4, -0.2) is 40.9 Å². The van der Waals surface area contributed by atoms with Crippen LogP contribution in [-0.2, 0) is 0 Å². The van der Waals surface area contributed by atoms with Crippen LogP contribution in [0.25, 0.3) is 0 Å². The number of nitrogens with zero attached hydrogens (tertiary/aromatic N) is 5. The van der Waals surface area contributed by atoms with Gasteiger partial charge in [0.2, 0.25) is 0 Å². The molecule has 3 aromatic rings. The van der Waals surface area contributed by atoms with Crippen LogP contribution in [0.5, 0.6) is 0 Å². The maximum absolute atomic E-state index is 12.5. The second kappa shape index (κ2) is 7.52.